The summed E-state index contributed by atoms with van der Waals surface area (Å²) in [5.41, 5.74) is 1.55. The SMILES string of the molecule is O=C1NC(=NC2CCCCC2)C2(CCCN(Cc3cccnc3)C2)N1c1cccnc1. The van der Waals surface area contributed by atoms with Crippen LogP contribution in [-0.2, 0) is 6.54 Å². The zero-order chi connectivity index (χ0) is 21.1. The number of nitrogens with one attached hydrogen (secondary N) is 1. The molecule has 2 aliphatic heterocycles. The lowest BCUT2D eigenvalue weighted by molar-refractivity contribution is 0.176. The van der Waals surface area contributed by atoms with Crippen LogP contribution in [0.3, 0.4) is 0 Å². The van der Waals surface area contributed by atoms with Crippen LogP contribution in [0.5, 0.6) is 0 Å². The van der Waals surface area contributed by atoms with Crippen molar-refractivity contribution < 1.29 is 4.79 Å². The second-order valence-corrected chi connectivity index (χ2v) is 8.95. The van der Waals surface area contributed by atoms with Crippen molar-refractivity contribution in [1.29, 1.82) is 0 Å². The number of aliphatic imine (C=N–C) groups is 1. The molecule has 1 aliphatic carbocycles. The number of amidine groups is 1. The number of carbonyl (C=O) groups excluding carboxylic acids is 1. The standard InChI is InChI=1S/C24H30N6O/c31-23-28-22(27-20-8-2-1-3-9-20)24(30(23)21-10-5-13-26-16-21)11-6-14-29(18-24)17-19-7-4-12-25-15-19/h4-5,7,10,12-13,15-16,20H,1-3,6,8-9,11,14,17-18H2,(H,27,28,31). The van der Waals surface area contributed by atoms with Crippen LogP contribution < -0.4 is 10.2 Å². The van der Waals surface area contributed by atoms with Crippen LogP contribution in [-0.4, -0.2) is 51.4 Å². The molecule has 1 saturated carbocycles. The van der Waals surface area contributed by atoms with Crippen molar-refractivity contribution in [3.8, 4) is 0 Å². The molecule has 7 heteroatoms. The minimum atomic E-state index is -0.474. The summed E-state index contributed by atoms with van der Waals surface area (Å²) in [6.45, 7) is 2.57. The fraction of sp³-hybridized carbons (Fsp3) is 0.500. The van der Waals surface area contributed by atoms with Crippen molar-refractivity contribution in [2.45, 2.75) is 63.1 Å². The molecule has 3 aliphatic rings. The van der Waals surface area contributed by atoms with Crippen molar-refractivity contribution in [3.63, 3.8) is 0 Å². The summed E-state index contributed by atoms with van der Waals surface area (Å²) >= 11 is 0. The van der Waals surface area contributed by atoms with Gasteiger partial charge in [-0.1, -0.05) is 25.3 Å². The zero-order valence-electron chi connectivity index (χ0n) is 17.9. The van der Waals surface area contributed by atoms with Gasteiger partial charge in [-0.05, 0) is 56.0 Å². The van der Waals surface area contributed by atoms with Crippen molar-refractivity contribution in [1.82, 2.24) is 20.2 Å². The van der Waals surface area contributed by atoms with E-state index < -0.39 is 5.54 Å². The van der Waals surface area contributed by atoms with Gasteiger partial charge in [0, 0.05) is 31.7 Å². The van der Waals surface area contributed by atoms with E-state index in [2.05, 4.69) is 26.3 Å². The first-order chi connectivity index (χ1) is 15.2. The molecule has 2 aromatic rings. The van der Waals surface area contributed by atoms with Crippen LogP contribution in [0.4, 0.5) is 10.5 Å². The van der Waals surface area contributed by atoms with Gasteiger partial charge in [0.2, 0.25) is 0 Å². The van der Waals surface area contributed by atoms with Gasteiger partial charge in [0.05, 0.1) is 17.9 Å². The molecule has 162 valence electrons. The Bertz CT molecular complexity index is 928. The number of rotatable bonds is 4. The number of anilines is 1. The van der Waals surface area contributed by atoms with Gasteiger partial charge in [-0.15, -0.1) is 0 Å². The van der Waals surface area contributed by atoms with Gasteiger partial charge in [0.15, 0.2) is 0 Å². The molecule has 0 aromatic carbocycles. The number of nitrogens with zero attached hydrogens (tertiary/aromatic N) is 5. The highest BCUT2D eigenvalue weighted by atomic mass is 16.2. The Hall–Kier alpha value is -2.80. The van der Waals surface area contributed by atoms with Crippen molar-refractivity contribution in [2.75, 3.05) is 18.0 Å². The van der Waals surface area contributed by atoms with Gasteiger partial charge >= 0.3 is 6.03 Å². The van der Waals surface area contributed by atoms with E-state index in [0.29, 0.717) is 6.04 Å². The molecule has 4 heterocycles. The Morgan fingerprint density at radius 3 is 2.61 bits per heavy atom. The Morgan fingerprint density at radius 1 is 1.06 bits per heavy atom. The first-order valence-electron chi connectivity index (χ1n) is 11.5. The van der Waals surface area contributed by atoms with Crippen LogP contribution in [0.2, 0.25) is 0 Å². The predicted octanol–water partition coefficient (Wildman–Crippen LogP) is 3.77. The molecule has 2 saturated heterocycles. The first-order valence-corrected chi connectivity index (χ1v) is 11.5. The lowest BCUT2D eigenvalue weighted by Gasteiger charge is -2.44. The van der Waals surface area contributed by atoms with Gasteiger partial charge in [-0.3, -0.25) is 30.1 Å². The summed E-state index contributed by atoms with van der Waals surface area (Å²) in [7, 11) is 0. The van der Waals surface area contributed by atoms with Crippen molar-refractivity contribution in [3.05, 3.63) is 54.6 Å². The minimum absolute atomic E-state index is 0.0919. The highest BCUT2D eigenvalue weighted by molar-refractivity contribution is 6.19. The van der Waals surface area contributed by atoms with E-state index in [0.717, 1.165) is 56.8 Å². The van der Waals surface area contributed by atoms with Gasteiger partial charge in [-0.2, -0.15) is 0 Å². The smallest absolute Gasteiger partial charge is 0.296 e. The predicted molar refractivity (Wildman–Crippen MR) is 121 cm³/mol. The average molecular weight is 419 g/mol. The highest BCUT2D eigenvalue weighted by Gasteiger charge is 2.53. The van der Waals surface area contributed by atoms with E-state index in [4.69, 9.17) is 4.99 Å². The maximum Gasteiger partial charge on any atom is 0.328 e. The van der Waals surface area contributed by atoms with E-state index in [9.17, 15) is 4.79 Å². The van der Waals surface area contributed by atoms with E-state index in [-0.39, 0.29) is 6.03 Å². The fourth-order valence-corrected chi connectivity index (χ4v) is 5.35. The number of likely N-dealkylation sites (tertiary alicyclic amines) is 1. The van der Waals surface area contributed by atoms with E-state index in [1.54, 1.807) is 18.6 Å². The summed E-state index contributed by atoms with van der Waals surface area (Å²) in [4.78, 5) is 31.3. The van der Waals surface area contributed by atoms with E-state index >= 15 is 0 Å². The maximum absolute atomic E-state index is 13.2. The average Bonchev–Trinajstić information content (AvgIpc) is 3.05. The van der Waals surface area contributed by atoms with Gasteiger partial charge in [0.25, 0.3) is 0 Å². The van der Waals surface area contributed by atoms with Crippen LogP contribution >= 0.6 is 0 Å². The number of piperidine rings is 1. The quantitative estimate of drug-likeness (QED) is 0.820. The molecule has 0 radical (unpaired) electrons. The summed E-state index contributed by atoms with van der Waals surface area (Å²) in [5.74, 6) is 0.851. The molecule has 1 unspecified atom stereocenters. The lowest BCUT2D eigenvalue weighted by Crippen LogP contribution is -2.60. The molecular weight excluding hydrogens is 388 g/mol. The van der Waals surface area contributed by atoms with Crippen LogP contribution in [0.15, 0.2) is 54.0 Å². The molecule has 31 heavy (non-hydrogen) atoms. The molecule has 2 amide bonds. The Kier molecular flexibility index (Phi) is 5.68. The van der Waals surface area contributed by atoms with Gasteiger partial charge < -0.3 is 0 Å². The molecule has 5 rings (SSSR count). The third kappa shape index (κ3) is 4.06. The molecule has 2 aromatic heterocycles. The molecule has 1 N–H and O–H groups in total. The molecule has 1 spiro atoms. The van der Waals surface area contributed by atoms with Gasteiger partial charge in [-0.25, -0.2) is 4.79 Å². The second kappa shape index (κ2) is 8.75. The number of carbonyl (C=O) groups is 1. The number of pyridine rings is 2. The Morgan fingerprint density at radius 2 is 1.87 bits per heavy atom. The number of hydrogen-bond donors (Lipinski definition) is 1. The maximum atomic E-state index is 13.2. The first kappa shape index (κ1) is 20.1. The monoisotopic (exact) mass is 418 g/mol. The fourth-order valence-electron chi connectivity index (χ4n) is 5.35. The number of hydrogen-bond acceptors (Lipinski definition) is 5. The lowest BCUT2D eigenvalue weighted by atomic mass is 9.86. The number of aromatic nitrogens is 2. The summed E-state index contributed by atoms with van der Waals surface area (Å²) in [6.07, 6.45) is 15.1. The summed E-state index contributed by atoms with van der Waals surface area (Å²) < 4.78 is 0. The van der Waals surface area contributed by atoms with E-state index in [1.165, 1.54) is 24.8 Å². The molecule has 0 bridgehead atoms. The highest BCUT2D eigenvalue weighted by Crippen LogP contribution is 2.37. The molecule has 7 nitrogen and oxygen atoms in total. The van der Waals surface area contributed by atoms with Gasteiger partial charge in [0.1, 0.15) is 11.4 Å². The minimum Gasteiger partial charge on any atom is -0.296 e. The molecular formula is C24H30N6O. The third-order valence-electron chi connectivity index (χ3n) is 6.77. The van der Waals surface area contributed by atoms with Crippen LogP contribution in [0.25, 0.3) is 0 Å². The zero-order valence-corrected chi connectivity index (χ0v) is 17.9. The third-order valence-corrected chi connectivity index (χ3v) is 6.77. The van der Waals surface area contributed by atoms with Crippen molar-refractivity contribution in [2.24, 2.45) is 4.99 Å². The van der Waals surface area contributed by atoms with Crippen molar-refractivity contribution >= 4 is 17.6 Å². The van der Waals surface area contributed by atoms with Crippen LogP contribution in [0, 0.1) is 0 Å². The Balaban J connectivity index is 1.50. The van der Waals surface area contributed by atoms with E-state index in [1.807, 2.05) is 29.3 Å². The summed E-state index contributed by atoms with van der Waals surface area (Å²) in [6, 6.07) is 8.17. The molecule has 1 atom stereocenters. The summed E-state index contributed by atoms with van der Waals surface area (Å²) in [5, 5.41) is 3.16. The molecule has 3 fully saturated rings. The largest absolute Gasteiger partial charge is 0.328 e. The number of amides is 2. The topological polar surface area (TPSA) is 73.7 Å². The second-order valence-electron chi connectivity index (χ2n) is 8.95. The van der Waals surface area contributed by atoms with Crippen LogP contribution in [0.1, 0.15) is 50.5 Å². The normalized spacial score (nSPS) is 26.5. The Labute approximate surface area is 183 Å². The number of urea groups is 1.